The minimum Gasteiger partial charge on any atom is -0.494 e. The highest BCUT2D eigenvalue weighted by Crippen LogP contribution is 2.33. The Morgan fingerprint density at radius 1 is 0.920 bits per heavy atom. The van der Waals surface area contributed by atoms with Gasteiger partial charge in [-0.15, -0.1) is 0 Å². The second-order valence-electron chi connectivity index (χ2n) is 5.35. The van der Waals surface area contributed by atoms with Gasteiger partial charge >= 0.3 is 11.9 Å². The van der Waals surface area contributed by atoms with E-state index < -0.39 is 11.9 Å². The van der Waals surface area contributed by atoms with Crippen LogP contribution >= 0.6 is 0 Å². The number of hydrogen-bond donors (Lipinski definition) is 0. The number of esters is 2. The summed E-state index contributed by atoms with van der Waals surface area (Å²) < 4.78 is 15.2. The first kappa shape index (κ1) is 18.4. The summed E-state index contributed by atoms with van der Waals surface area (Å²) in [5.74, 6) is -0.411. The summed E-state index contributed by atoms with van der Waals surface area (Å²) in [5.41, 5.74) is 2.60. The van der Waals surface area contributed by atoms with Gasteiger partial charge in [-0.3, -0.25) is 4.98 Å². The third-order valence-electron chi connectivity index (χ3n) is 3.79. The van der Waals surface area contributed by atoms with Crippen molar-refractivity contribution in [2.75, 3.05) is 20.8 Å². The van der Waals surface area contributed by atoms with E-state index in [2.05, 4.69) is 4.98 Å². The van der Waals surface area contributed by atoms with Gasteiger partial charge in [0.2, 0.25) is 0 Å². The zero-order valence-corrected chi connectivity index (χ0v) is 15.0. The maximum atomic E-state index is 12.3. The lowest BCUT2D eigenvalue weighted by Crippen LogP contribution is -2.16. The Hall–Kier alpha value is -2.89. The second kappa shape index (κ2) is 7.79. The molecule has 6 heteroatoms. The second-order valence-corrected chi connectivity index (χ2v) is 5.35. The molecule has 0 bridgehead atoms. The standard InChI is InChI=1S/C19H21NO5/c1-6-25-14-9-7-13(8-10-14)17-15(18(21)23-4)11(2)20-12(3)16(17)19(22)24-5/h7-10H,6H2,1-5H3. The first-order valence-corrected chi connectivity index (χ1v) is 7.85. The van der Waals surface area contributed by atoms with Crippen LogP contribution in [0.25, 0.3) is 11.1 Å². The van der Waals surface area contributed by atoms with Crippen LogP contribution in [0.4, 0.5) is 0 Å². The van der Waals surface area contributed by atoms with Crippen LogP contribution < -0.4 is 4.74 Å². The first-order chi connectivity index (χ1) is 11.9. The molecule has 0 radical (unpaired) electrons. The molecule has 132 valence electrons. The Bertz CT molecular complexity index is 756. The molecule has 2 aromatic rings. The number of rotatable bonds is 5. The van der Waals surface area contributed by atoms with Gasteiger partial charge in [0.1, 0.15) is 5.75 Å². The monoisotopic (exact) mass is 343 g/mol. The van der Waals surface area contributed by atoms with Crippen LogP contribution in [0.15, 0.2) is 24.3 Å². The van der Waals surface area contributed by atoms with Crippen LogP contribution in [0.2, 0.25) is 0 Å². The van der Waals surface area contributed by atoms with Gasteiger partial charge in [0, 0.05) is 5.56 Å². The van der Waals surface area contributed by atoms with Crippen molar-refractivity contribution >= 4 is 11.9 Å². The molecule has 2 rings (SSSR count). The molecule has 0 saturated heterocycles. The molecular formula is C19H21NO5. The van der Waals surface area contributed by atoms with Crippen LogP contribution in [-0.2, 0) is 9.47 Å². The van der Waals surface area contributed by atoms with Crippen molar-refractivity contribution < 1.29 is 23.8 Å². The Morgan fingerprint density at radius 2 is 1.40 bits per heavy atom. The molecule has 1 aromatic carbocycles. The molecule has 25 heavy (non-hydrogen) atoms. The van der Waals surface area contributed by atoms with E-state index in [-0.39, 0.29) is 11.1 Å². The summed E-state index contributed by atoms with van der Waals surface area (Å²) in [5, 5.41) is 0. The highest BCUT2D eigenvalue weighted by atomic mass is 16.5. The molecule has 0 unspecified atom stereocenters. The van der Waals surface area contributed by atoms with Crippen LogP contribution in [0.5, 0.6) is 5.75 Å². The van der Waals surface area contributed by atoms with Gasteiger partial charge in [-0.1, -0.05) is 12.1 Å². The fraction of sp³-hybridized carbons (Fsp3) is 0.316. The summed E-state index contributed by atoms with van der Waals surface area (Å²) in [7, 11) is 2.59. The van der Waals surface area contributed by atoms with E-state index in [0.717, 1.165) is 0 Å². The molecule has 0 amide bonds. The molecule has 1 aromatic heterocycles. The maximum absolute atomic E-state index is 12.3. The number of ether oxygens (including phenoxy) is 3. The Balaban J connectivity index is 2.79. The third kappa shape index (κ3) is 3.63. The van der Waals surface area contributed by atoms with E-state index >= 15 is 0 Å². The number of aryl methyl sites for hydroxylation is 2. The van der Waals surface area contributed by atoms with Gasteiger partial charge in [-0.05, 0) is 38.5 Å². The number of methoxy groups -OCH3 is 2. The van der Waals surface area contributed by atoms with Gasteiger partial charge in [-0.25, -0.2) is 9.59 Å². The van der Waals surface area contributed by atoms with Crippen molar-refractivity contribution in [2.45, 2.75) is 20.8 Å². The minimum absolute atomic E-state index is 0.248. The molecule has 0 aliphatic rings. The summed E-state index contributed by atoms with van der Waals surface area (Å²) in [6.45, 7) is 5.86. The van der Waals surface area contributed by atoms with E-state index in [4.69, 9.17) is 14.2 Å². The number of carbonyl (C=O) groups is 2. The lowest BCUT2D eigenvalue weighted by atomic mass is 9.92. The van der Waals surface area contributed by atoms with Gasteiger partial charge in [0.15, 0.2) is 0 Å². The molecular weight excluding hydrogens is 322 g/mol. The molecule has 0 atom stereocenters. The number of benzene rings is 1. The van der Waals surface area contributed by atoms with Crippen molar-refractivity contribution in [1.29, 1.82) is 0 Å². The maximum Gasteiger partial charge on any atom is 0.340 e. The Kier molecular flexibility index (Phi) is 5.75. The zero-order valence-electron chi connectivity index (χ0n) is 15.0. The zero-order chi connectivity index (χ0) is 18.6. The third-order valence-corrected chi connectivity index (χ3v) is 3.79. The number of hydrogen-bond acceptors (Lipinski definition) is 6. The van der Waals surface area contributed by atoms with Crippen molar-refractivity contribution in [3.05, 3.63) is 46.8 Å². The molecule has 0 spiro atoms. The average molecular weight is 343 g/mol. The Labute approximate surface area is 146 Å². The lowest BCUT2D eigenvalue weighted by molar-refractivity contribution is 0.0599. The average Bonchev–Trinajstić information content (AvgIpc) is 2.61. The Morgan fingerprint density at radius 3 is 1.80 bits per heavy atom. The SMILES string of the molecule is CCOc1ccc(-c2c(C(=O)OC)c(C)nc(C)c2C(=O)OC)cc1. The molecule has 0 aliphatic heterocycles. The van der Waals surface area contributed by atoms with E-state index in [1.165, 1.54) is 14.2 Å². The number of nitrogens with zero attached hydrogens (tertiary/aromatic N) is 1. The summed E-state index contributed by atoms with van der Waals surface area (Å²) in [4.78, 5) is 29.0. The molecule has 0 aliphatic carbocycles. The minimum atomic E-state index is -0.556. The largest absolute Gasteiger partial charge is 0.494 e. The van der Waals surface area contributed by atoms with Crippen molar-refractivity contribution in [3.8, 4) is 16.9 Å². The van der Waals surface area contributed by atoms with E-state index in [1.807, 2.05) is 6.92 Å². The van der Waals surface area contributed by atoms with Gasteiger partial charge in [0.25, 0.3) is 0 Å². The summed E-state index contributed by atoms with van der Waals surface area (Å²) >= 11 is 0. The first-order valence-electron chi connectivity index (χ1n) is 7.85. The number of carbonyl (C=O) groups excluding carboxylic acids is 2. The van der Waals surface area contributed by atoms with Crippen molar-refractivity contribution in [3.63, 3.8) is 0 Å². The fourth-order valence-corrected chi connectivity index (χ4v) is 2.73. The summed E-state index contributed by atoms with van der Waals surface area (Å²) in [6.07, 6.45) is 0. The van der Waals surface area contributed by atoms with Crippen molar-refractivity contribution in [1.82, 2.24) is 4.98 Å². The van der Waals surface area contributed by atoms with E-state index in [1.54, 1.807) is 38.1 Å². The topological polar surface area (TPSA) is 74.7 Å². The van der Waals surface area contributed by atoms with Crippen molar-refractivity contribution in [2.24, 2.45) is 0 Å². The van der Waals surface area contributed by atoms with Crippen LogP contribution in [0.1, 0.15) is 39.0 Å². The van der Waals surface area contributed by atoms with Gasteiger partial charge in [-0.2, -0.15) is 0 Å². The molecule has 6 nitrogen and oxygen atoms in total. The fourth-order valence-electron chi connectivity index (χ4n) is 2.73. The predicted octanol–water partition coefficient (Wildman–Crippen LogP) is 3.34. The molecule has 0 N–H and O–H groups in total. The number of aromatic nitrogens is 1. The summed E-state index contributed by atoms with van der Waals surface area (Å²) in [6, 6.07) is 7.15. The quantitative estimate of drug-likeness (QED) is 0.775. The molecule has 0 saturated carbocycles. The molecule has 1 heterocycles. The lowest BCUT2D eigenvalue weighted by Gasteiger charge is -2.17. The predicted molar refractivity (Wildman–Crippen MR) is 93.0 cm³/mol. The highest BCUT2D eigenvalue weighted by molar-refractivity contribution is 6.07. The number of pyridine rings is 1. The smallest absolute Gasteiger partial charge is 0.340 e. The molecule has 0 fully saturated rings. The highest BCUT2D eigenvalue weighted by Gasteiger charge is 2.27. The van der Waals surface area contributed by atoms with Crippen LogP contribution in [-0.4, -0.2) is 37.7 Å². The van der Waals surface area contributed by atoms with Gasteiger partial charge < -0.3 is 14.2 Å². The van der Waals surface area contributed by atoms with Crippen LogP contribution in [0, 0.1) is 13.8 Å². The van der Waals surface area contributed by atoms with E-state index in [0.29, 0.717) is 34.9 Å². The van der Waals surface area contributed by atoms with Crippen LogP contribution in [0.3, 0.4) is 0 Å². The van der Waals surface area contributed by atoms with E-state index in [9.17, 15) is 9.59 Å². The van der Waals surface area contributed by atoms with Gasteiger partial charge in [0.05, 0.1) is 43.3 Å². The normalized spacial score (nSPS) is 10.3.